The number of rotatable bonds is 5. The van der Waals surface area contributed by atoms with Crippen molar-refractivity contribution in [2.45, 2.75) is 20.0 Å². The second kappa shape index (κ2) is 7.16. The highest BCUT2D eigenvalue weighted by atomic mass is 16.3. The van der Waals surface area contributed by atoms with Crippen LogP contribution in [-0.4, -0.2) is 60.2 Å². The van der Waals surface area contributed by atoms with E-state index < -0.39 is 0 Å². The first-order valence-corrected chi connectivity index (χ1v) is 8.70. The molecule has 4 rings (SSSR count). The molecule has 3 aromatic heterocycles. The van der Waals surface area contributed by atoms with Crippen molar-refractivity contribution in [3.05, 3.63) is 47.8 Å². The molecule has 0 aromatic carbocycles. The van der Waals surface area contributed by atoms with E-state index in [1.165, 1.54) is 0 Å². The molecular formula is C17H20N8O2. The summed E-state index contributed by atoms with van der Waals surface area (Å²) in [5.41, 5.74) is 1.30. The topological polar surface area (TPSA) is 114 Å². The summed E-state index contributed by atoms with van der Waals surface area (Å²) in [6, 6.07) is 5.53. The van der Waals surface area contributed by atoms with Crippen molar-refractivity contribution in [2.75, 3.05) is 24.6 Å². The Morgan fingerprint density at radius 2 is 2.11 bits per heavy atom. The Morgan fingerprint density at radius 3 is 2.89 bits per heavy atom. The molecule has 10 nitrogen and oxygen atoms in total. The molecule has 10 heteroatoms. The predicted octanol–water partition coefficient (Wildman–Crippen LogP) is -0.0905. The van der Waals surface area contributed by atoms with E-state index in [0.29, 0.717) is 30.4 Å². The molecule has 3 aromatic rings. The fourth-order valence-electron chi connectivity index (χ4n) is 3.05. The Morgan fingerprint density at radius 1 is 1.26 bits per heavy atom. The molecule has 1 aliphatic rings. The molecule has 1 amide bonds. The predicted molar refractivity (Wildman–Crippen MR) is 96.6 cm³/mol. The van der Waals surface area contributed by atoms with Gasteiger partial charge in [-0.1, -0.05) is 0 Å². The first-order chi connectivity index (χ1) is 13.1. The lowest BCUT2D eigenvalue weighted by Gasteiger charge is -2.28. The number of nitrogens with zero attached hydrogens (tertiary/aromatic N) is 7. The Bertz CT molecular complexity index is 950. The van der Waals surface area contributed by atoms with Gasteiger partial charge in [0.2, 0.25) is 0 Å². The van der Waals surface area contributed by atoms with Gasteiger partial charge >= 0.3 is 0 Å². The van der Waals surface area contributed by atoms with Crippen LogP contribution in [0, 0.1) is 6.92 Å². The maximum Gasteiger partial charge on any atom is 0.271 e. The third-order valence-corrected chi connectivity index (χ3v) is 4.30. The first-order valence-electron chi connectivity index (χ1n) is 8.70. The monoisotopic (exact) mass is 368 g/mol. The zero-order valence-corrected chi connectivity index (χ0v) is 14.9. The van der Waals surface area contributed by atoms with Crippen LogP contribution < -0.4 is 10.2 Å². The van der Waals surface area contributed by atoms with Crippen molar-refractivity contribution in [3.63, 3.8) is 0 Å². The minimum Gasteiger partial charge on any atom is -0.395 e. The van der Waals surface area contributed by atoms with Crippen LogP contribution in [0.4, 0.5) is 5.82 Å². The van der Waals surface area contributed by atoms with Crippen molar-refractivity contribution in [1.82, 2.24) is 34.8 Å². The van der Waals surface area contributed by atoms with E-state index in [-0.39, 0.29) is 19.1 Å². The number of hydrogen-bond acceptors (Lipinski definition) is 7. The number of aromatic nitrogens is 6. The first kappa shape index (κ1) is 17.2. The third-order valence-electron chi connectivity index (χ3n) is 4.30. The largest absolute Gasteiger partial charge is 0.395 e. The van der Waals surface area contributed by atoms with E-state index in [4.69, 9.17) is 5.11 Å². The highest BCUT2D eigenvalue weighted by Gasteiger charge is 2.22. The average molecular weight is 368 g/mol. The molecule has 2 N–H and O–H groups in total. The molecule has 4 heterocycles. The number of anilines is 1. The summed E-state index contributed by atoms with van der Waals surface area (Å²) in [4.78, 5) is 23.2. The van der Waals surface area contributed by atoms with Gasteiger partial charge in [-0.2, -0.15) is 10.2 Å². The normalized spacial score (nSPS) is 13.5. The number of aliphatic hydroxyl groups excluding tert-OH is 1. The highest BCUT2D eigenvalue weighted by molar-refractivity contribution is 5.92. The minimum absolute atomic E-state index is 0.0985. The Labute approximate surface area is 155 Å². The summed E-state index contributed by atoms with van der Waals surface area (Å²) >= 11 is 0. The molecule has 0 aliphatic carbocycles. The number of carbonyl (C=O) groups excluding carboxylic acids is 1. The summed E-state index contributed by atoms with van der Waals surface area (Å²) in [7, 11) is 0. The van der Waals surface area contributed by atoms with Gasteiger partial charge in [0.1, 0.15) is 11.6 Å². The van der Waals surface area contributed by atoms with E-state index in [0.717, 1.165) is 18.1 Å². The van der Waals surface area contributed by atoms with Gasteiger partial charge in [0.25, 0.3) is 5.91 Å². The van der Waals surface area contributed by atoms with Crippen LogP contribution in [0.5, 0.6) is 0 Å². The van der Waals surface area contributed by atoms with Gasteiger partial charge in [-0.05, 0) is 19.1 Å². The highest BCUT2D eigenvalue weighted by Crippen LogP contribution is 2.21. The van der Waals surface area contributed by atoms with Crippen LogP contribution in [0.25, 0.3) is 5.82 Å². The molecule has 0 saturated carbocycles. The smallest absolute Gasteiger partial charge is 0.271 e. The van der Waals surface area contributed by atoms with Crippen molar-refractivity contribution < 1.29 is 9.90 Å². The summed E-state index contributed by atoms with van der Waals surface area (Å²) < 4.78 is 3.54. The molecule has 140 valence electrons. The standard InChI is InChI=1S/C17H20N8O2/c1-12-20-15(10-16(21-12)25-5-2-3-19-25)23-6-7-24-13(11-23)9-14(22-24)17(27)18-4-8-26/h2-3,5,9-10,26H,4,6-8,11H2,1H3,(H,18,27). The van der Waals surface area contributed by atoms with Crippen LogP contribution in [0.1, 0.15) is 22.0 Å². The number of hydrogen-bond donors (Lipinski definition) is 2. The van der Waals surface area contributed by atoms with E-state index in [1.54, 1.807) is 16.9 Å². The van der Waals surface area contributed by atoms with Gasteiger partial charge < -0.3 is 15.3 Å². The maximum atomic E-state index is 12.1. The van der Waals surface area contributed by atoms with Crippen molar-refractivity contribution >= 4 is 11.7 Å². The summed E-state index contributed by atoms with van der Waals surface area (Å²) in [5.74, 6) is 1.91. The fourth-order valence-corrected chi connectivity index (χ4v) is 3.05. The summed E-state index contributed by atoms with van der Waals surface area (Å²) in [5, 5.41) is 20.0. The average Bonchev–Trinajstić information content (AvgIpc) is 3.34. The van der Waals surface area contributed by atoms with Gasteiger partial charge in [0.15, 0.2) is 11.5 Å². The van der Waals surface area contributed by atoms with Gasteiger partial charge in [-0.25, -0.2) is 14.6 Å². The van der Waals surface area contributed by atoms with Crippen LogP contribution in [0.2, 0.25) is 0 Å². The Kier molecular flexibility index (Phi) is 4.55. The Hall–Kier alpha value is -3.27. The van der Waals surface area contributed by atoms with Crippen molar-refractivity contribution in [3.8, 4) is 5.82 Å². The number of nitrogens with one attached hydrogen (secondary N) is 1. The van der Waals surface area contributed by atoms with E-state index in [9.17, 15) is 4.79 Å². The summed E-state index contributed by atoms with van der Waals surface area (Å²) in [6.45, 7) is 3.94. The molecule has 27 heavy (non-hydrogen) atoms. The number of amides is 1. The van der Waals surface area contributed by atoms with E-state index >= 15 is 0 Å². The lowest BCUT2D eigenvalue weighted by molar-refractivity contribution is 0.0939. The van der Waals surface area contributed by atoms with Crippen molar-refractivity contribution in [1.29, 1.82) is 0 Å². The van der Waals surface area contributed by atoms with Crippen LogP contribution in [-0.2, 0) is 13.1 Å². The third kappa shape index (κ3) is 3.51. The lowest BCUT2D eigenvalue weighted by atomic mass is 10.2. The van der Waals surface area contributed by atoms with Gasteiger partial charge in [0, 0.05) is 31.5 Å². The van der Waals surface area contributed by atoms with Crippen LogP contribution in [0.15, 0.2) is 30.6 Å². The summed E-state index contributed by atoms with van der Waals surface area (Å²) in [6.07, 6.45) is 3.55. The molecule has 0 spiro atoms. The maximum absolute atomic E-state index is 12.1. The molecule has 0 saturated heterocycles. The second-order valence-corrected chi connectivity index (χ2v) is 6.23. The van der Waals surface area contributed by atoms with Gasteiger partial charge in [-0.15, -0.1) is 0 Å². The number of carbonyl (C=O) groups is 1. The minimum atomic E-state index is -0.281. The van der Waals surface area contributed by atoms with Gasteiger partial charge in [0.05, 0.1) is 25.4 Å². The molecule has 1 aliphatic heterocycles. The SMILES string of the molecule is Cc1nc(N2CCn3nc(C(=O)NCCO)cc3C2)cc(-n2cccn2)n1. The molecule has 0 fully saturated rings. The quantitative estimate of drug-likeness (QED) is 0.647. The van der Waals surface area contributed by atoms with Crippen LogP contribution >= 0.6 is 0 Å². The lowest BCUT2D eigenvalue weighted by Crippen LogP contribution is -2.34. The van der Waals surface area contributed by atoms with Gasteiger partial charge in [-0.3, -0.25) is 9.48 Å². The van der Waals surface area contributed by atoms with E-state index in [2.05, 4.69) is 30.4 Å². The number of aryl methyl sites for hydroxylation is 1. The molecule has 0 atom stereocenters. The molecular weight excluding hydrogens is 348 g/mol. The van der Waals surface area contributed by atoms with E-state index in [1.807, 2.05) is 29.9 Å². The fraction of sp³-hybridized carbons (Fsp3) is 0.353. The Balaban J connectivity index is 1.56. The second-order valence-electron chi connectivity index (χ2n) is 6.23. The van der Waals surface area contributed by atoms with Crippen molar-refractivity contribution in [2.24, 2.45) is 0 Å². The molecule has 0 bridgehead atoms. The molecule has 0 unspecified atom stereocenters. The number of aliphatic hydroxyl groups is 1. The zero-order chi connectivity index (χ0) is 18.8. The van der Waals surface area contributed by atoms with Crippen LogP contribution in [0.3, 0.4) is 0 Å². The zero-order valence-electron chi connectivity index (χ0n) is 14.9. The molecule has 0 radical (unpaired) electrons. The number of fused-ring (bicyclic) bond motifs is 1.